The SMILES string of the molecule is CC(C)c1nnc2n1CC(NC(=O)C1=NN(c3ccccc3)C(C(=O)O)C1)CC2. The van der Waals surface area contributed by atoms with Crippen LogP contribution in [0.25, 0.3) is 0 Å². The van der Waals surface area contributed by atoms with Gasteiger partial charge in [0.1, 0.15) is 17.4 Å². The fraction of sp³-hybridized carbons (Fsp3) is 0.450. The van der Waals surface area contributed by atoms with Gasteiger partial charge < -0.3 is 15.0 Å². The van der Waals surface area contributed by atoms with Crippen molar-refractivity contribution < 1.29 is 14.7 Å². The molecule has 3 heterocycles. The standard InChI is InChI=1S/C20H24N6O3/c1-12(2)18-23-22-17-9-8-13(11-25(17)18)21-19(27)15-10-16(20(28)29)26(24-15)14-6-4-3-5-7-14/h3-7,12-13,16H,8-11H2,1-2H3,(H,21,27)(H,28,29). The predicted molar refractivity (Wildman–Crippen MR) is 107 cm³/mol. The van der Waals surface area contributed by atoms with E-state index in [1.165, 1.54) is 5.01 Å². The maximum absolute atomic E-state index is 12.8. The molecule has 152 valence electrons. The number of nitrogens with one attached hydrogen (secondary N) is 1. The third kappa shape index (κ3) is 3.72. The number of hydrogen-bond acceptors (Lipinski definition) is 6. The number of fused-ring (bicyclic) bond motifs is 1. The van der Waals surface area contributed by atoms with E-state index in [-0.39, 0.29) is 30.0 Å². The van der Waals surface area contributed by atoms with Crippen molar-refractivity contribution >= 4 is 23.3 Å². The highest BCUT2D eigenvalue weighted by molar-refractivity contribution is 6.40. The van der Waals surface area contributed by atoms with Gasteiger partial charge in [-0.3, -0.25) is 9.80 Å². The number of rotatable bonds is 5. The van der Waals surface area contributed by atoms with Crippen molar-refractivity contribution in [2.24, 2.45) is 5.10 Å². The fourth-order valence-electron chi connectivity index (χ4n) is 3.82. The fourth-order valence-corrected chi connectivity index (χ4v) is 3.82. The molecule has 2 aliphatic rings. The van der Waals surface area contributed by atoms with Crippen molar-refractivity contribution in [3.8, 4) is 0 Å². The van der Waals surface area contributed by atoms with Gasteiger partial charge in [0.25, 0.3) is 5.91 Å². The normalized spacial score (nSPS) is 21.1. The second-order valence-electron chi connectivity index (χ2n) is 7.73. The Bertz CT molecular complexity index is 952. The molecule has 0 fully saturated rings. The Balaban J connectivity index is 1.48. The quantitative estimate of drug-likeness (QED) is 0.793. The van der Waals surface area contributed by atoms with E-state index in [1.54, 1.807) is 12.1 Å². The van der Waals surface area contributed by atoms with Crippen LogP contribution in [-0.2, 0) is 22.6 Å². The number of aliphatic carboxylic acids is 1. The van der Waals surface area contributed by atoms with E-state index < -0.39 is 12.0 Å². The average Bonchev–Trinajstić information content (AvgIpc) is 3.33. The third-order valence-corrected chi connectivity index (χ3v) is 5.31. The lowest BCUT2D eigenvalue weighted by Gasteiger charge is -2.25. The summed E-state index contributed by atoms with van der Waals surface area (Å²) >= 11 is 0. The maximum atomic E-state index is 12.8. The van der Waals surface area contributed by atoms with Gasteiger partial charge in [-0.05, 0) is 18.6 Å². The Hall–Kier alpha value is -3.23. The largest absolute Gasteiger partial charge is 0.480 e. The van der Waals surface area contributed by atoms with Crippen molar-refractivity contribution in [3.05, 3.63) is 42.0 Å². The molecule has 0 saturated carbocycles. The van der Waals surface area contributed by atoms with E-state index in [0.29, 0.717) is 12.2 Å². The molecule has 2 unspecified atom stereocenters. The summed E-state index contributed by atoms with van der Waals surface area (Å²) in [6, 6.07) is 8.08. The molecule has 1 aromatic heterocycles. The summed E-state index contributed by atoms with van der Waals surface area (Å²) < 4.78 is 2.08. The second-order valence-corrected chi connectivity index (χ2v) is 7.73. The Morgan fingerprint density at radius 3 is 2.66 bits per heavy atom. The zero-order valence-electron chi connectivity index (χ0n) is 16.4. The minimum atomic E-state index is -1.01. The Morgan fingerprint density at radius 2 is 1.97 bits per heavy atom. The summed E-state index contributed by atoms with van der Waals surface area (Å²) in [4.78, 5) is 24.5. The van der Waals surface area contributed by atoms with Crippen LogP contribution in [0.3, 0.4) is 0 Å². The molecule has 2 N–H and O–H groups in total. The maximum Gasteiger partial charge on any atom is 0.328 e. The number of carboxylic acid groups (broad SMARTS) is 1. The summed E-state index contributed by atoms with van der Waals surface area (Å²) in [6.07, 6.45) is 1.57. The topological polar surface area (TPSA) is 113 Å². The number of hydrogen-bond donors (Lipinski definition) is 2. The van der Waals surface area contributed by atoms with Crippen molar-refractivity contribution in [2.45, 2.75) is 57.7 Å². The summed E-state index contributed by atoms with van der Waals surface area (Å²) in [5.74, 6) is 0.786. The van der Waals surface area contributed by atoms with Crippen molar-refractivity contribution in [1.29, 1.82) is 0 Å². The first-order valence-electron chi connectivity index (χ1n) is 9.81. The number of benzene rings is 1. The Kier molecular flexibility index (Phi) is 5.04. The zero-order chi connectivity index (χ0) is 20.5. The highest BCUT2D eigenvalue weighted by Crippen LogP contribution is 2.25. The first-order chi connectivity index (χ1) is 13.9. The summed E-state index contributed by atoms with van der Waals surface area (Å²) in [7, 11) is 0. The van der Waals surface area contributed by atoms with E-state index in [9.17, 15) is 14.7 Å². The lowest BCUT2D eigenvalue weighted by molar-refractivity contribution is -0.138. The first kappa shape index (κ1) is 19.1. The average molecular weight is 396 g/mol. The minimum absolute atomic E-state index is 0.0674. The van der Waals surface area contributed by atoms with E-state index >= 15 is 0 Å². The van der Waals surface area contributed by atoms with E-state index in [0.717, 1.165) is 24.5 Å². The number of nitrogens with zero attached hydrogens (tertiary/aromatic N) is 5. The van der Waals surface area contributed by atoms with E-state index in [1.807, 2.05) is 18.2 Å². The number of carboxylic acids is 1. The van der Waals surface area contributed by atoms with Crippen LogP contribution in [-0.4, -0.2) is 49.5 Å². The molecule has 9 nitrogen and oxygen atoms in total. The van der Waals surface area contributed by atoms with Gasteiger partial charge in [-0.1, -0.05) is 32.0 Å². The van der Waals surface area contributed by atoms with Gasteiger partial charge in [-0.25, -0.2) is 4.79 Å². The number of aromatic nitrogens is 3. The van der Waals surface area contributed by atoms with Crippen LogP contribution in [0, 0.1) is 0 Å². The van der Waals surface area contributed by atoms with Gasteiger partial charge in [0.2, 0.25) is 0 Å². The highest BCUT2D eigenvalue weighted by atomic mass is 16.4. The molecule has 0 spiro atoms. The second kappa shape index (κ2) is 7.65. The van der Waals surface area contributed by atoms with Crippen LogP contribution in [0.4, 0.5) is 5.69 Å². The van der Waals surface area contributed by atoms with Crippen LogP contribution in [0.1, 0.15) is 44.3 Å². The molecule has 4 rings (SSSR count). The van der Waals surface area contributed by atoms with Gasteiger partial charge in [0.05, 0.1) is 5.69 Å². The molecule has 29 heavy (non-hydrogen) atoms. The number of para-hydroxylation sites is 1. The molecule has 2 aromatic rings. The number of amides is 1. The van der Waals surface area contributed by atoms with Crippen LogP contribution >= 0.6 is 0 Å². The molecule has 1 amide bonds. The lowest BCUT2D eigenvalue weighted by Crippen LogP contribution is -2.44. The van der Waals surface area contributed by atoms with Gasteiger partial charge in [0, 0.05) is 31.3 Å². The molecule has 0 aliphatic carbocycles. The number of hydrazone groups is 1. The van der Waals surface area contributed by atoms with Gasteiger partial charge >= 0.3 is 5.97 Å². The molecule has 0 bridgehead atoms. The van der Waals surface area contributed by atoms with Crippen LogP contribution in [0.15, 0.2) is 35.4 Å². The van der Waals surface area contributed by atoms with Crippen LogP contribution in [0.5, 0.6) is 0 Å². The van der Waals surface area contributed by atoms with Crippen LogP contribution in [0.2, 0.25) is 0 Å². The summed E-state index contributed by atoms with van der Waals surface area (Å²) in [5, 5.41) is 26.8. The lowest BCUT2D eigenvalue weighted by atomic mass is 10.0. The molecule has 0 saturated heterocycles. The first-order valence-corrected chi connectivity index (χ1v) is 9.81. The number of aryl methyl sites for hydroxylation is 1. The predicted octanol–water partition coefficient (Wildman–Crippen LogP) is 1.55. The summed E-state index contributed by atoms with van der Waals surface area (Å²) in [6.45, 7) is 4.74. The van der Waals surface area contributed by atoms with Crippen LogP contribution < -0.4 is 10.3 Å². The molecule has 1 aromatic carbocycles. The summed E-state index contributed by atoms with van der Waals surface area (Å²) in [5.41, 5.74) is 0.885. The zero-order valence-corrected chi connectivity index (χ0v) is 16.4. The molecule has 2 atom stereocenters. The Labute approximate surface area is 168 Å². The Morgan fingerprint density at radius 1 is 1.21 bits per heavy atom. The van der Waals surface area contributed by atoms with Gasteiger partial charge in [0.15, 0.2) is 6.04 Å². The van der Waals surface area contributed by atoms with Gasteiger partial charge in [-0.15, -0.1) is 10.2 Å². The van der Waals surface area contributed by atoms with Crippen molar-refractivity contribution in [3.63, 3.8) is 0 Å². The molecule has 2 aliphatic heterocycles. The smallest absolute Gasteiger partial charge is 0.328 e. The number of carbonyl (C=O) groups is 2. The highest BCUT2D eigenvalue weighted by Gasteiger charge is 2.37. The number of carbonyl (C=O) groups excluding carboxylic acids is 1. The third-order valence-electron chi connectivity index (χ3n) is 5.31. The number of anilines is 1. The molecule has 9 heteroatoms. The van der Waals surface area contributed by atoms with Crippen molar-refractivity contribution in [1.82, 2.24) is 20.1 Å². The molecular weight excluding hydrogens is 372 g/mol. The monoisotopic (exact) mass is 396 g/mol. The molecule has 0 radical (unpaired) electrons. The minimum Gasteiger partial charge on any atom is -0.480 e. The van der Waals surface area contributed by atoms with Gasteiger partial charge in [-0.2, -0.15) is 5.10 Å². The van der Waals surface area contributed by atoms with E-state index in [4.69, 9.17) is 0 Å². The molecular formula is C20H24N6O3. The van der Waals surface area contributed by atoms with Crippen molar-refractivity contribution in [2.75, 3.05) is 5.01 Å². The van der Waals surface area contributed by atoms with E-state index in [2.05, 4.69) is 39.0 Å².